The van der Waals surface area contributed by atoms with Crippen LogP contribution in [0.25, 0.3) is 0 Å². The fourth-order valence-corrected chi connectivity index (χ4v) is 4.66. The lowest BCUT2D eigenvalue weighted by Crippen LogP contribution is -2.28. The van der Waals surface area contributed by atoms with E-state index in [4.69, 9.17) is 0 Å². The van der Waals surface area contributed by atoms with Crippen molar-refractivity contribution in [2.24, 2.45) is 0 Å². The zero-order chi connectivity index (χ0) is 18.8. The molecule has 0 radical (unpaired) electrons. The molecule has 0 spiro atoms. The van der Waals surface area contributed by atoms with E-state index < -0.39 is 20.0 Å². The molecule has 0 bridgehead atoms. The molecule has 144 valence electrons. The Hall–Kier alpha value is -0.960. The number of nitrogens with one attached hydrogen (secondary N) is 2. The first-order valence-corrected chi connectivity index (χ1v) is 12.1. The fourth-order valence-electron chi connectivity index (χ4n) is 2.43. The Morgan fingerprint density at radius 1 is 0.720 bits per heavy atom. The lowest BCUT2D eigenvalue weighted by Gasteiger charge is -2.07. The van der Waals surface area contributed by atoms with Crippen LogP contribution in [-0.4, -0.2) is 41.4 Å². The number of sulfonamides is 2. The van der Waals surface area contributed by atoms with E-state index >= 15 is 0 Å². The zero-order valence-corrected chi connectivity index (χ0v) is 16.8. The second-order valence-electron chi connectivity index (χ2n) is 6.10. The second kappa shape index (κ2) is 10.9. The molecule has 1 aromatic rings. The quantitative estimate of drug-likeness (QED) is 0.503. The van der Waals surface area contributed by atoms with Crippen LogP contribution in [0.4, 0.5) is 0 Å². The van der Waals surface area contributed by atoms with Gasteiger partial charge in [0, 0.05) is 13.1 Å². The van der Waals surface area contributed by atoms with Crippen LogP contribution in [-0.2, 0) is 32.9 Å². The van der Waals surface area contributed by atoms with Crippen molar-refractivity contribution in [3.05, 3.63) is 35.4 Å². The van der Waals surface area contributed by atoms with Gasteiger partial charge in [0.1, 0.15) is 0 Å². The molecule has 0 aliphatic carbocycles. The third-order valence-electron chi connectivity index (χ3n) is 3.67. The minimum atomic E-state index is -3.15. The van der Waals surface area contributed by atoms with E-state index in [1.165, 1.54) is 0 Å². The summed E-state index contributed by atoms with van der Waals surface area (Å²) in [5.74, 6) is 0.331. The second-order valence-corrected chi connectivity index (χ2v) is 9.95. The number of aryl methyl sites for hydroxylation is 1. The summed E-state index contributed by atoms with van der Waals surface area (Å²) in [6.45, 7) is 4.53. The number of rotatable bonds is 13. The Balaban J connectivity index is 2.32. The maximum Gasteiger partial charge on any atom is 0.211 e. The molecule has 0 atom stereocenters. The molecule has 2 N–H and O–H groups in total. The van der Waals surface area contributed by atoms with Crippen LogP contribution >= 0.6 is 0 Å². The van der Waals surface area contributed by atoms with E-state index in [0.717, 1.165) is 24.0 Å². The molecule has 0 amide bonds. The highest BCUT2D eigenvalue weighted by Crippen LogP contribution is 2.07. The van der Waals surface area contributed by atoms with Gasteiger partial charge in [-0.3, -0.25) is 0 Å². The van der Waals surface area contributed by atoms with Gasteiger partial charge in [-0.15, -0.1) is 0 Å². The molecule has 0 unspecified atom stereocenters. The van der Waals surface area contributed by atoms with Crippen LogP contribution in [0, 0.1) is 0 Å². The van der Waals surface area contributed by atoms with E-state index in [0.29, 0.717) is 32.4 Å². The molecule has 8 heteroatoms. The van der Waals surface area contributed by atoms with E-state index in [1.807, 2.05) is 38.1 Å². The zero-order valence-electron chi connectivity index (χ0n) is 15.1. The third kappa shape index (κ3) is 9.94. The van der Waals surface area contributed by atoms with Gasteiger partial charge in [0.05, 0.1) is 11.5 Å². The molecule has 25 heavy (non-hydrogen) atoms. The van der Waals surface area contributed by atoms with Crippen LogP contribution in [0.1, 0.15) is 44.2 Å². The van der Waals surface area contributed by atoms with Gasteiger partial charge in [0.2, 0.25) is 20.0 Å². The van der Waals surface area contributed by atoms with Crippen LogP contribution in [0.5, 0.6) is 0 Å². The smallest absolute Gasteiger partial charge is 0.211 e. The SMILES string of the molecule is CCCS(=O)(=O)NCCCc1ccc(CCNS(=O)(=O)CCC)cc1. The monoisotopic (exact) mass is 390 g/mol. The first-order chi connectivity index (χ1) is 11.8. The molecular formula is C17H30N2O4S2. The summed E-state index contributed by atoms with van der Waals surface area (Å²) < 4.78 is 51.4. The van der Waals surface area contributed by atoms with Crippen LogP contribution in [0.2, 0.25) is 0 Å². The van der Waals surface area contributed by atoms with Crippen molar-refractivity contribution in [3.8, 4) is 0 Å². The summed E-state index contributed by atoms with van der Waals surface area (Å²) in [6.07, 6.45) is 3.43. The van der Waals surface area contributed by atoms with Gasteiger partial charge in [-0.1, -0.05) is 38.1 Å². The predicted octanol–water partition coefficient (Wildman–Crippen LogP) is 1.82. The van der Waals surface area contributed by atoms with E-state index in [1.54, 1.807) is 0 Å². The molecule has 0 saturated carbocycles. The van der Waals surface area contributed by atoms with Gasteiger partial charge in [0.15, 0.2) is 0 Å². The van der Waals surface area contributed by atoms with E-state index in [9.17, 15) is 16.8 Å². The Kier molecular flexibility index (Phi) is 9.63. The van der Waals surface area contributed by atoms with Crippen molar-refractivity contribution >= 4 is 20.0 Å². The molecule has 0 saturated heterocycles. The molecule has 0 aromatic heterocycles. The molecule has 1 aromatic carbocycles. The molecule has 0 aliphatic rings. The summed E-state index contributed by atoms with van der Waals surface area (Å²) >= 11 is 0. The van der Waals surface area contributed by atoms with E-state index in [2.05, 4.69) is 9.44 Å². The number of hydrogen-bond donors (Lipinski definition) is 2. The maximum absolute atomic E-state index is 11.6. The van der Waals surface area contributed by atoms with Crippen molar-refractivity contribution in [1.82, 2.24) is 9.44 Å². The number of benzene rings is 1. The average molecular weight is 391 g/mol. The molecule has 0 aliphatic heterocycles. The molecule has 6 nitrogen and oxygen atoms in total. The van der Waals surface area contributed by atoms with Crippen LogP contribution in [0.3, 0.4) is 0 Å². The van der Waals surface area contributed by atoms with Crippen LogP contribution < -0.4 is 9.44 Å². The van der Waals surface area contributed by atoms with Crippen LogP contribution in [0.15, 0.2) is 24.3 Å². The van der Waals surface area contributed by atoms with Crippen molar-refractivity contribution in [1.29, 1.82) is 0 Å². The van der Waals surface area contributed by atoms with Crippen molar-refractivity contribution in [2.45, 2.75) is 46.0 Å². The molecule has 0 fully saturated rings. The van der Waals surface area contributed by atoms with Crippen molar-refractivity contribution in [2.75, 3.05) is 24.6 Å². The topological polar surface area (TPSA) is 92.3 Å². The lowest BCUT2D eigenvalue weighted by atomic mass is 10.1. The maximum atomic E-state index is 11.6. The lowest BCUT2D eigenvalue weighted by molar-refractivity contribution is 0.577. The van der Waals surface area contributed by atoms with E-state index in [-0.39, 0.29) is 11.5 Å². The van der Waals surface area contributed by atoms with Crippen molar-refractivity contribution in [3.63, 3.8) is 0 Å². The minimum Gasteiger partial charge on any atom is -0.215 e. The Bertz CT molecular complexity index is 699. The predicted molar refractivity (Wildman–Crippen MR) is 103 cm³/mol. The summed E-state index contributed by atoms with van der Waals surface area (Å²) in [7, 11) is -6.27. The molecule has 1 rings (SSSR count). The highest BCUT2D eigenvalue weighted by Gasteiger charge is 2.08. The molecule has 0 heterocycles. The van der Waals surface area contributed by atoms with Gasteiger partial charge in [0.25, 0.3) is 0 Å². The van der Waals surface area contributed by atoms with Crippen molar-refractivity contribution < 1.29 is 16.8 Å². The van der Waals surface area contributed by atoms with Gasteiger partial charge >= 0.3 is 0 Å². The Morgan fingerprint density at radius 2 is 1.16 bits per heavy atom. The summed E-state index contributed by atoms with van der Waals surface area (Å²) in [5, 5.41) is 0. The normalized spacial score (nSPS) is 12.4. The Morgan fingerprint density at radius 3 is 1.64 bits per heavy atom. The standard InChI is InChI=1S/C17H30N2O4S2/c1-3-14-24(20,21)18-12-5-6-16-7-9-17(10-8-16)11-13-19-25(22,23)15-4-2/h7-10,18-19H,3-6,11-15H2,1-2H3. The highest BCUT2D eigenvalue weighted by atomic mass is 32.2. The first-order valence-electron chi connectivity index (χ1n) is 8.80. The summed E-state index contributed by atoms with van der Waals surface area (Å²) in [6, 6.07) is 8.00. The molecular weight excluding hydrogens is 360 g/mol. The largest absolute Gasteiger partial charge is 0.215 e. The third-order valence-corrected chi connectivity index (χ3v) is 6.85. The van der Waals surface area contributed by atoms with Gasteiger partial charge < -0.3 is 0 Å². The first kappa shape index (κ1) is 22.1. The Labute approximate surface area is 152 Å². The van der Waals surface area contributed by atoms with Gasteiger partial charge in [-0.2, -0.15) is 0 Å². The average Bonchev–Trinajstić information content (AvgIpc) is 2.52. The fraction of sp³-hybridized carbons (Fsp3) is 0.647. The highest BCUT2D eigenvalue weighted by molar-refractivity contribution is 7.89. The minimum absolute atomic E-state index is 0.161. The number of hydrogen-bond acceptors (Lipinski definition) is 4. The summed E-state index contributed by atoms with van der Waals surface area (Å²) in [5.41, 5.74) is 2.22. The summed E-state index contributed by atoms with van der Waals surface area (Å²) in [4.78, 5) is 0. The van der Waals surface area contributed by atoms with Gasteiger partial charge in [-0.25, -0.2) is 26.3 Å². The van der Waals surface area contributed by atoms with Gasteiger partial charge in [-0.05, 0) is 43.2 Å².